The molecule has 1 unspecified atom stereocenters. The molecule has 1 fully saturated rings. The summed E-state index contributed by atoms with van der Waals surface area (Å²) in [5.74, 6) is 0. The van der Waals surface area contributed by atoms with Crippen LogP contribution in [0.25, 0.3) is 11.0 Å². The van der Waals surface area contributed by atoms with Gasteiger partial charge in [-0.1, -0.05) is 12.1 Å². The highest BCUT2D eigenvalue weighted by molar-refractivity contribution is 8.00. The monoisotopic (exact) mass is 233 g/mol. The van der Waals surface area contributed by atoms with Crippen LogP contribution in [0, 0.1) is 0 Å². The van der Waals surface area contributed by atoms with Gasteiger partial charge in [-0.05, 0) is 31.5 Å². The Morgan fingerprint density at radius 3 is 3.12 bits per heavy atom. The Kier molecular flexibility index (Phi) is 2.89. The molecule has 1 aromatic carbocycles. The van der Waals surface area contributed by atoms with Gasteiger partial charge in [0.25, 0.3) is 0 Å². The summed E-state index contributed by atoms with van der Waals surface area (Å²) in [6, 6.07) is 8.25. The van der Waals surface area contributed by atoms with Crippen LogP contribution in [0.5, 0.6) is 0 Å². The first-order valence-electron chi connectivity index (χ1n) is 5.77. The molecule has 1 aliphatic rings. The fraction of sp³-hybridized carbons (Fsp3) is 0.385. The molecule has 0 spiro atoms. The van der Waals surface area contributed by atoms with Crippen molar-refractivity contribution in [3.63, 3.8) is 0 Å². The highest BCUT2D eigenvalue weighted by Crippen LogP contribution is 2.34. The number of fused-ring (bicyclic) bond motifs is 1. The molecule has 1 aliphatic heterocycles. The third-order valence-corrected chi connectivity index (χ3v) is 4.30. The molecule has 0 radical (unpaired) electrons. The molecule has 2 heterocycles. The zero-order valence-electron chi connectivity index (χ0n) is 9.11. The van der Waals surface area contributed by atoms with E-state index in [9.17, 15) is 0 Å². The lowest BCUT2D eigenvalue weighted by Gasteiger charge is -2.21. The van der Waals surface area contributed by atoms with Crippen LogP contribution < -0.4 is 5.32 Å². The summed E-state index contributed by atoms with van der Waals surface area (Å²) in [5, 5.41) is 5.38. The molecule has 3 rings (SSSR count). The summed E-state index contributed by atoms with van der Waals surface area (Å²) in [7, 11) is 0. The molecule has 2 aromatic rings. The predicted octanol–water partition coefficient (Wildman–Crippen LogP) is 3.28. The summed E-state index contributed by atoms with van der Waals surface area (Å²) in [6.07, 6.45) is 4.48. The predicted molar refractivity (Wildman–Crippen MR) is 68.0 cm³/mol. The zero-order chi connectivity index (χ0) is 10.8. The van der Waals surface area contributed by atoms with E-state index in [1.807, 2.05) is 30.2 Å². The van der Waals surface area contributed by atoms with Gasteiger partial charge < -0.3 is 9.73 Å². The van der Waals surface area contributed by atoms with Gasteiger partial charge in [0.2, 0.25) is 0 Å². The molecular formula is C13H15NOS. The maximum atomic E-state index is 5.55. The van der Waals surface area contributed by atoms with Crippen LogP contribution in [0.2, 0.25) is 0 Å². The van der Waals surface area contributed by atoms with Crippen molar-refractivity contribution in [1.82, 2.24) is 5.32 Å². The average Bonchev–Trinajstić information content (AvgIpc) is 2.74. The number of benzene rings is 1. The molecule has 0 aliphatic carbocycles. The van der Waals surface area contributed by atoms with Gasteiger partial charge in [0, 0.05) is 17.2 Å². The lowest BCUT2D eigenvalue weighted by molar-refractivity contribution is 0.531. The fourth-order valence-electron chi connectivity index (χ4n) is 2.14. The van der Waals surface area contributed by atoms with Crippen LogP contribution in [0.3, 0.4) is 0 Å². The molecule has 1 atom stereocenters. The van der Waals surface area contributed by atoms with Gasteiger partial charge in [0.15, 0.2) is 0 Å². The van der Waals surface area contributed by atoms with Gasteiger partial charge >= 0.3 is 0 Å². The van der Waals surface area contributed by atoms with E-state index in [4.69, 9.17) is 4.42 Å². The number of thioether (sulfide) groups is 1. The van der Waals surface area contributed by atoms with Crippen molar-refractivity contribution >= 4 is 22.7 Å². The molecular weight excluding hydrogens is 218 g/mol. The summed E-state index contributed by atoms with van der Waals surface area (Å²) in [5.41, 5.74) is 0.994. The van der Waals surface area contributed by atoms with E-state index in [0.29, 0.717) is 5.25 Å². The number of hydrogen-bond acceptors (Lipinski definition) is 3. The van der Waals surface area contributed by atoms with Crippen molar-refractivity contribution in [2.24, 2.45) is 0 Å². The van der Waals surface area contributed by atoms with Crippen LogP contribution in [0.1, 0.15) is 12.8 Å². The molecule has 1 saturated heterocycles. The summed E-state index contributed by atoms with van der Waals surface area (Å²) >= 11 is 1.94. The van der Waals surface area contributed by atoms with Crippen LogP contribution in [-0.4, -0.2) is 18.3 Å². The van der Waals surface area contributed by atoms with E-state index < -0.39 is 0 Å². The maximum absolute atomic E-state index is 5.55. The number of para-hydroxylation sites is 1. The molecule has 1 N–H and O–H groups in total. The number of furan rings is 1. The third-order valence-electron chi connectivity index (χ3n) is 2.99. The molecule has 0 saturated carbocycles. The standard InChI is InChI=1S/C13H15NOS/c1-2-6-12-11(5-1)13(9-15-12)16-10-4-3-7-14-8-10/h1-2,5-6,9-10,14H,3-4,7-8H2. The first kappa shape index (κ1) is 10.2. The Hall–Kier alpha value is -0.930. The third kappa shape index (κ3) is 1.97. The average molecular weight is 233 g/mol. The van der Waals surface area contributed by atoms with Crippen molar-refractivity contribution in [3.05, 3.63) is 30.5 Å². The van der Waals surface area contributed by atoms with E-state index in [0.717, 1.165) is 12.1 Å². The second-order valence-electron chi connectivity index (χ2n) is 4.18. The zero-order valence-corrected chi connectivity index (χ0v) is 9.93. The van der Waals surface area contributed by atoms with Crippen LogP contribution in [0.4, 0.5) is 0 Å². The lowest BCUT2D eigenvalue weighted by atomic mass is 10.2. The molecule has 0 amide bonds. The summed E-state index contributed by atoms with van der Waals surface area (Å²) < 4.78 is 5.55. The van der Waals surface area contributed by atoms with Gasteiger partial charge in [-0.25, -0.2) is 0 Å². The second-order valence-corrected chi connectivity index (χ2v) is 5.52. The Morgan fingerprint density at radius 1 is 1.31 bits per heavy atom. The minimum atomic E-state index is 0.690. The molecule has 1 aromatic heterocycles. The van der Waals surface area contributed by atoms with Crippen LogP contribution in [0.15, 0.2) is 39.8 Å². The first-order valence-corrected chi connectivity index (χ1v) is 6.65. The molecule has 3 heteroatoms. The van der Waals surface area contributed by atoms with Gasteiger partial charge in [-0.2, -0.15) is 0 Å². The Balaban J connectivity index is 1.83. The van der Waals surface area contributed by atoms with E-state index >= 15 is 0 Å². The minimum absolute atomic E-state index is 0.690. The number of piperidine rings is 1. The number of rotatable bonds is 2. The maximum Gasteiger partial charge on any atom is 0.135 e. The Bertz CT molecular complexity index is 473. The number of nitrogens with one attached hydrogen (secondary N) is 1. The topological polar surface area (TPSA) is 25.2 Å². The Morgan fingerprint density at radius 2 is 2.25 bits per heavy atom. The van der Waals surface area contributed by atoms with Crippen molar-refractivity contribution in [2.45, 2.75) is 23.0 Å². The van der Waals surface area contributed by atoms with Crippen LogP contribution >= 0.6 is 11.8 Å². The Labute approximate surface area is 99.4 Å². The highest BCUT2D eigenvalue weighted by atomic mass is 32.2. The quantitative estimate of drug-likeness (QED) is 0.861. The van der Waals surface area contributed by atoms with Gasteiger partial charge in [-0.3, -0.25) is 0 Å². The summed E-state index contributed by atoms with van der Waals surface area (Å²) in [6.45, 7) is 2.29. The van der Waals surface area contributed by atoms with Crippen molar-refractivity contribution in [1.29, 1.82) is 0 Å². The largest absolute Gasteiger partial charge is 0.463 e. The number of hydrogen-bond donors (Lipinski definition) is 1. The van der Waals surface area contributed by atoms with E-state index in [1.165, 1.54) is 29.7 Å². The van der Waals surface area contributed by atoms with Gasteiger partial charge in [0.1, 0.15) is 11.8 Å². The van der Waals surface area contributed by atoms with Crippen molar-refractivity contribution < 1.29 is 4.42 Å². The molecule has 84 valence electrons. The van der Waals surface area contributed by atoms with E-state index in [-0.39, 0.29) is 0 Å². The normalized spacial score (nSPS) is 21.4. The lowest BCUT2D eigenvalue weighted by Crippen LogP contribution is -2.31. The van der Waals surface area contributed by atoms with Gasteiger partial charge in [-0.15, -0.1) is 11.8 Å². The molecule has 2 nitrogen and oxygen atoms in total. The molecule has 16 heavy (non-hydrogen) atoms. The summed E-state index contributed by atoms with van der Waals surface area (Å²) in [4.78, 5) is 1.28. The minimum Gasteiger partial charge on any atom is -0.463 e. The van der Waals surface area contributed by atoms with E-state index in [2.05, 4.69) is 17.4 Å². The first-order chi connectivity index (χ1) is 7.93. The molecule has 0 bridgehead atoms. The second kappa shape index (κ2) is 4.52. The van der Waals surface area contributed by atoms with Crippen LogP contribution in [-0.2, 0) is 0 Å². The van der Waals surface area contributed by atoms with Crippen molar-refractivity contribution in [2.75, 3.05) is 13.1 Å². The van der Waals surface area contributed by atoms with E-state index in [1.54, 1.807) is 0 Å². The van der Waals surface area contributed by atoms with Crippen molar-refractivity contribution in [3.8, 4) is 0 Å². The SMILES string of the molecule is c1ccc2c(SC3CCCNC3)coc2c1. The smallest absolute Gasteiger partial charge is 0.135 e. The fourth-order valence-corrected chi connectivity index (χ4v) is 3.39. The van der Waals surface area contributed by atoms with Gasteiger partial charge in [0.05, 0.1) is 4.90 Å². The highest BCUT2D eigenvalue weighted by Gasteiger charge is 2.16.